The summed E-state index contributed by atoms with van der Waals surface area (Å²) < 4.78 is 8.57. The molecule has 0 unspecified atom stereocenters. The zero-order chi connectivity index (χ0) is 17.6. The minimum atomic E-state index is -0.250. The van der Waals surface area contributed by atoms with Crippen LogP contribution >= 0.6 is 0 Å². The third kappa shape index (κ3) is 2.73. The molecule has 130 valence electrons. The van der Waals surface area contributed by atoms with Gasteiger partial charge in [-0.15, -0.1) is 0 Å². The number of carbonyl (C=O) groups excluding carboxylic acids is 1. The van der Waals surface area contributed by atoms with Crippen LogP contribution in [0.3, 0.4) is 0 Å². The van der Waals surface area contributed by atoms with Gasteiger partial charge < -0.3 is 9.73 Å². The molecule has 0 bridgehead atoms. The van der Waals surface area contributed by atoms with Crippen molar-refractivity contribution >= 4 is 17.0 Å². The molecule has 1 aliphatic heterocycles. The molecule has 1 amide bonds. The zero-order valence-corrected chi connectivity index (χ0v) is 14.2. The number of nitrogens with one attached hydrogen (secondary N) is 1. The van der Waals surface area contributed by atoms with Crippen LogP contribution in [0.1, 0.15) is 23.7 Å². The molecule has 4 rings (SSSR count). The van der Waals surface area contributed by atoms with Gasteiger partial charge in [0.1, 0.15) is 11.3 Å². The van der Waals surface area contributed by atoms with E-state index >= 15 is 0 Å². The molecule has 0 saturated heterocycles. The van der Waals surface area contributed by atoms with Gasteiger partial charge in [0, 0.05) is 20.0 Å². The highest BCUT2D eigenvalue weighted by Gasteiger charge is 2.27. The van der Waals surface area contributed by atoms with E-state index in [1.54, 1.807) is 11.6 Å². The van der Waals surface area contributed by atoms with E-state index in [0.717, 1.165) is 16.9 Å². The Morgan fingerprint density at radius 2 is 2.28 bits per heavy atom. The van der Waals surface area contributed by atoms with Gasteiger partial charge in [-0.25, -0.2) is 14.5 Å². The second kappa shape index (κ2) is 5.87. The molecule has 1 atom stereocenters. The third-order valence-electron chi connectivity index (χ3n) is 4.65. The summed E-state index contributed by atoms with van der Waals surface area (Å²) in [5.41, 5.74) is 2.39. The van der Waals surface area contributed by atoms with Crippen LogP contribution in [0.4, 0.5) is 0 Å². The van der Waals surface area contributed by atoms with Gasteiger partial charge in [0.25, 0.3) is 0 Å². The molecule has 1 N–H and O–H groups in total. The van der Waals surface area contributed by atoms with E-state index in [0.29, 0.717) is 30.9 Å². The van der Waals surface area contributed by atoms with E-state index in [1.807, 2.05) is 25.1 Å². The predicted molar refractivity (Wildman–Crippen MR) is 89.9 cm³/mol. The molecule has 8 heteroatoms. The Hall–Kier alpha value is -2.90. The highest BCUT2D eigenvalue weighted by molar-refractivity contribution is 5.79. The Kier molecular flexibility index (Phi) is 3.67. The standard InChI is InChI=1S/C17H19N5O3/c1-10-4-3-5-12-15(10)19-14(25-12)8-18-16(23)11-6-7-13-20-21(2)17(24)22(13)9-11/h3-5,11H,6-9H2,1-2H3,(H,18,23)/t11-/m0/s1. The molecule has 8 nitrogen and oxygen atoms in total. The van der Waals surface area contributed by atoms with Gasteiger partial charge in [-0.3, -0.25) is 9.36 Å². The maximum Gasteiger partial charge on any atom is 0.345 e. The molecule has 1 aliphatic rings. The number of aromatic nitrogens is 4. The minimum absolute atomic E-state index is 0.0969. The van der Waals surface area contributed by atoms with Crippen LogP contribution in [0.15, 0.2) is 27.4 Å². The maximum atomic E-state index is 12.5. The van der Waals surface area contributed by atoms with Crippen LogP contribution in [0.25, 0.3) is 11.1 Å². The van der Waals surface area contributed by atoms with E-state index in [2.05, 4.69) is 15.4 Å². The van der Waals surface area contributed by atoms with Crippen molar-refractivity contribution in [1.29, 1.82) is 0 Å². The summed E-state index contributed by atoms with van der Waals surface area (Å²) >= 11 is 0. The van der Waals surface area contributed by atoms with E-state index < -0.39 is 0 Å². The summed E-state index contributed by atoms with van der Waals surface area (Å²) in [5.74, 6) is 0.875. The Balaban J connectivity index is 1.44. The summed E-state index contributed by atoms with van der Waals surface area (Å²) in [5, 5.41) is 7.05. The topological polar surface area (TPSA) is 95.0 Å². The van der Waals surface area contributed by atoms with Crippen LogP contribution < -0.4 is 11.0 Å². The van der Waals surface area contributed by atoms with Crippen molar-refractivity contribution in [2.75, 3.05) is 0 Å². The van der Waals surface area contributed by atoms with Crippen molar-refractivity contribution in [3.63, 3.8) is 0 Å². The first-order valence-corrected chi connectivity index (χ1v) is 8.28. The summed E-state index contributed by atoms with van der Waals surface area (Å²) in [6.45, 7) is 2.57. The number of carbonyl (C=O) groups is 1. The van der Waals surface area contributed by atoms with Crippen LogP contribution in [-0.4, -0.2) is 25.2 Å². The second-order valence-corrected chi connectivity index (χ2v) is 6.42. The average molecular weight is 341 g/mol. The summed E-state index contributed by atoms with van der Waals surface area (Å²) in [4.78, 5) is 28.9. The number of fused-ring (bicyclic) bond motifs is 2. The molecule has 25 heavy (non-hydrogen) atoms. The number of para-hydroxylation sites is 1. The van der Waals surface area contributed by atoms with Gasteiger partial charge in [0.2, 0.25) is 11.8 Å². The quantitative estimate of drug-likeness (QED) is 0.764. The van der Waals surface area contributed by atoms with Gasteiger partial charge >= 0.3 is 5.69 Å². The molecular weight excluding hydrogens is 322 g/mol. The van der Waals surface area contributed by atoms with Crippen LogP contribution in [0, 0.1) is 12.8 Å². The first-order chi connectivity index (χ1) is 12.0. The Morgan fingerprint density at radius 1 is 1.44 bits per heavy atom. The fourth-order valence-corrected chi connectivity index (χ4v) is 3.27. The molecule has 0 radical (unpaired) electrons. The van der Waals surface area contributed by atoms with Gasteiger partial charge in [-0.2, -0.15) is 5.10 Å². The number of aryl methyl sites for hydroxylation is 3. The van der Waals surface area contributed by atoms with E-state index in [-0.39, 0.29) is 24.1 Å². The molecule has 2 aromatic heterocycles. The van der Waals surface area contributed by atoms with Crippen LogP contribution in [0.5, 0.6) is 0 Å². The molecule has 0 spiro atoms. The van der Waals surface area contributed by atoms with Crippen molar-refractivity contribution < 1.29 is 9.21 Å². The molecule has 3 aromatic rings. The molecule has 3 heterocycles. The third-order valence-corrected chi connectivity index (χ3v) is 4.65. The fraction of sp³-hybridized carbons (Fsp3) is 0.412. The number of nitrogens with zero attached hydrogens (tertiary/aromatic N) is 4. The normalized spacial score (nSPS) is 16.8. The highest BCUT2D eigenvalue weighted by Crippen LogP contribution is 2.20. The average Bonchev–Trinajstić information content (AvgIpc) is 3.15. The zero-order valence-electron chi connectivity index (χ0n) is 14.2. The minimum Gasteiger partial charge on any atom is -0.439 e. The molecule has 1 aromatic carbocycles. The lowest BCUT2D eigenvalue weighted by Gasteiger charge is -2.21. The number of hydrogen-bond donors (Lipinski definition) is 1. The number of oxazole rings is 1. The van der Waals surface area contributed by atoms with Crippen molar-refractivity contribution in [3.8, 4) is 0 Å². The fourth-order valence-electron chi connectivity index (χ4n) is 3.27. The van der Waals surface area contributed by atoms with Crippen molar-refractivity contribution in [3.05, 3.63) is 46.0 Å². The van der Waals surface area contributed by atoms with Crippen LogP contribution in [0.2, 0.25) is 0 Å². The lowest BCUT2D eigenvalue weighted by Crippen LogP contribution is -2.38. The highest BCUT2D eigenvalue weighted by atomic mass is 16.3. The maximum absolute atomic E-state index is 12.5. The lowest BCUT2D eigenvalue weighted by molar-refractivity contribution is -0.126. The molecule has 0 fully saturated rings. The second-order valence-electron chi connectivity index (χ2n) is 6.42. The summed E-state index contributed by atoms with van der Waals surface area (Å²) in [6, 6.07) is 5.74. The van der Waals surface area contributed by atoms with E-state index in [4.69, 9.17) is 4.42 Å². The lowest BCUT2D eigenvalue weighted by atomic mass is 9.98. The van der Waals surface area contributed by atoms with Crippen molar-refractivity contribution in [2.45, 2.75) is 32.9 Å². The van der Waals surface area contributed by atoms with Gasteiger partial charge in [0.05, 0.1) is 12.5 Å². The van der Waals surface area contributed by atoms with Gasteiger partial charge in [-0.05, 0) is 25.0 Å². The van der Waals surface area contributed by atoms with E-state index in [9.17, 15) is 9.59 Å². The molecule has 0 saturated carbocycles. The van der Waals surface area contributed by atoms with Crippen molar-refractivity contribution in [1.82, 2.24) is 24.6 Å². The number of hydrogen-bond acceptors (Lipinski definition) is 5. The first kappa shape index (κ1) is 15.6. The van der Waals surface area contributed by atoms with Gasteiger partial charge in [-0.1, -0.05) is 12.1 Å². The number of amides is 1. The summed E-state index contributed by atoms with van der Waals surface area (Å²) in [7, 11) is 1.62. The Labute approximate surface area is 143 Å². The SMILES string of the molecule is Cc1cccc2oc(CNC(=O)[C@H]3CCc4nn(C)c(=O)n4C3)nc12. The van der Waals surface area contributed by atoms with Gasteiger partial charge in [0.15, 0.2) is 5.58 Å². The Morgan fingerprint density at radius 3 is 3.08 bits per heavy atom. The number of benzene rings is 1. The van der Waals surface area contributed by atoms with Crippen molar-refractivity contribution in [2.24, 2.45) is 13.0 Å². The predicted octanol–water partition coefficient (Wildman–Crippen LogP) is 0.910. The largest absolute Gasteiger partial charge is 0.439 e. The summed E-state index contributed by atoms with van der Waals surface area (Å²) in [6.07, 6.45) is 1.30. The van der Waals surface area contributed by atoms with Crippen LogP contribution in [-0.2, 0) is 31.4 Å². The first-order valence-electron chi connectivity index (χ1n) is 8.28. The number of rotatable bonds is 3. The monoisotopic (exact) mass is 341 g/mol. The Bertz CT molecular complexity index is 1010. The smallest absolute Gasteiger partial charge is 0.345 e. The molecule has 0 aliphatic carbocycles. The molecular formula is C17H19N5O3. The van der Waals surface area contributed by atoms with E-state index in [1.165, 1.54) is 4.68 Å².